The second-order valence-corrected chi connectivity index (χ2v) is 4.86. The number of thioether (sulfide) groups is 1. The lowest BCUT2D eigenvalue weighted by atomic mass is 10.1. The van der Waals surface area contributed by atoms with E-state index in [9.17, 15) is 4.79 Å². The van der Waals surface area contributed by atoms with E-state index in [0.717, 1.165) is 17.9 Å². The monoisotopic (exact) mass is 228 g/mol. The summed E-state index contributed by atoms with van der Waals surface area (Å²) in [6.45, 7) is 0.829. The van der Waals surface area contributed by atoms with Crippen LogP contribution in [0, 0.1) is 16.7 Å². The maximum atomic E-state index is 11.5. The Kier molecular flexibility index (Phi) is 4.92. The Balaban J connectivity index is 2.01. The Bertz CT molecular complexity index is 259. The van der Waals surface area contributed by atoms with Crippen LogP contribution >= 0.6 is 11.8 Å². The molecule has 0 heterocycles. The minimum Gasteiger partial charge on any atom is -0.396 e. The summed E-state index contributed by atoms with van der Waals surface area (Å²) in [5, 5.41) is 20.1. The third-order valence-corrected chi connectivity index (χ3v) is 3.45. The van der Waals surface area contributed by atoms with Gasteiger partial charge in [0.25, 0.3) is 0 Å². The summed E-state index contributed by atoms with van der Waals surface area (Å²) in [6.07, 6.45) is 2.20. The molecule has 0 aromatic carbocycles. The number of hydrogen-bond acceptors (Lipinski definition) is 4. The molecule has 5 heteroatoms. The lowest BCUT2D eigenvalue weighted by Gasteiger charge is -2.07. The van der Waals surface area contributed by atoms with E-state index in [2.05, 4.69) is 11.4 Å². The second kappa shape index (κ2) is 5.99. The molecule has 0 atom stereocenters. The average Bonchev–Trinajstić information content (AvgIpc) is 3.03. The van der Waals surface area contributed by atoms with Gasteiger partial charge in [0.2, 0.25) is 5.91 Å². The first kappa shape index (κ1) is 12.3. The van der Waals surface area contributed by atoms with Crippen LogP contribution in [0.15, 0.2) is 0 Å². The van der Waals surface area contributed by atoms with Gasteiger partial charge in [0, 0.05) is 18.9 Å². The van der Waals surface area contributed by atoms with Gasteiger partial charge in [-0.1, -0.05) is 0 Å². The van der Waals surface area contributed by atoms with Gasteiger partial charge in [-0.2, -0.15) is 17.0 Å². The fourth-order valence-electron chi connectivity index (χ4n) is 1.19. The molecule has 1 amide bonds. The zero-order valence-electron chi connectivity index (χ0n) is 8.66. The number of hydrogen-bond donors (Lipinski definition) is 2. The van der Waals surface area contributed by atoms with Gasteiger partial charge in [0.15, 0.2) is 0 Å². The second-order valence-electron chi connectivity index (χ2n) is 3.64. The van der Waals surface area contributed by atoms with Crippen molar-refractivity contribution in [2.45, 2.75) is 19.3 Å². The van der Waals surface area contributed by atoms with Crippen molar-refractivity contribution < 1.29 is 9.90 Å². The van der Waals surface area contributed by atoms with Crippen molar-refractivity contribution in [1.29, 1.82) is 5.26 Å². The van der Waals surface area contributed by atoms with Crippen LogP contribution in [0.3, 0.4) is 0 Å². The molecule has 0 spiro atoms. The van der Waals surface area contributed by atoms with E-state index >= 15 is 0 Å². The van der Waals surface area contributed by atoms with Crippen molar-refractivity contribution in [3.63, 3.8) is 0 Å². The van der Waals surface area contributed by atoms with Crippen molar-refractivity contribution in [2.24, 2.45) is 5.41 Å². The fraction of sp³-hybridized carbons (Fsp3) is 0.800. The van der Waals surface area contributed by atoms with Crippen molar-refractivity contribution in [2.75, 3.05) is 24.7 Å². The number of rotatable bonds is 7. The molecule has 0 aromatic heterocycles. The number of aliphatic hydroxyl groups excluding tert-OH is 1. The summed E-state index contributed by atoms with van der Waals surface area (Å²) in [5.41, 5.74) is -0.699. The van der Waals surface area contributed by atoms with E-state index in [-0.39, 0.29) is 12.5 Å². The standard InChI is InChI=1S/C10H16N2O2S/c11-8-10(2-3-10)9(14)12-4-7-15-6-1-5-13/h13H,1-7H2,(H,12,14). The quantitative estimate of drug-likeness (QED) is 0.623. The smallest absolute Gasteiger partial charge is 0.240 e. The average molecular weight is 228 g/mol. The molecule has 0 unspecified atom stereocenters. The molecular weight excluding hydrogens is 212 g/mol. The van der Waals surface area contributed by atoms with Crippen molar-refractivity contribution in [3.05, 3.63) is 0 Å². The van der Waals surface area contributed by atoms with Gasteiger partial charge in [0.1, 0.15) is 5.41 Å². The van der Waals surface area contributed by atoms with Crippen LogP contribution in [-0.4, -0.2) is 35.7 Å². The molecule has 1 rings (SSSR count). The summed E-state index contributed by atoms with van der Waals surface area (Å²) in [5.74, 6) is 1.64. The van der Waals surface area contributed by atoms with Crippen LogP contribution in [0.5, 0.6) is 0 Å². The first-order valence-electron chi connectivity index (χ1n) is 5.13. The fourth-order valence-corrected chi connectivity index (χ4v) is 1.97. The summed E-state index contributed by atoms with van der Waals surface area (Å²) in [6, 6.07) is 2.06. The molecule has 0 radical (unpaired) electrons. The molecular formula is C10H16N2O2S. The zero-order valence-corrected chi connectivity index (χ0v) is 9.48. The van der Waals surface area contributed by atoms with Crippen LogP contribution in [0.1, 0.15) is 19.3 Å². The highest BCUT2D eigenvalue weighted by molar-refractivity contribution is 7.99. The molecule has 84 valence electrons. The van der Waals surface area contributed by atoms with Crippen LogP contribution in [-0.2, 0) is 4.79 Å². The van der Waals surface area contributed by atoms with Crippen LogP contribution < -0.4 is 5.32 Å². The van der Waals surface area contributed by atoms with Gasteiger partial charge < -0.3 is 10.4 Å². The molecule has 1 fully saturated rings. The molecule has 1 aliphatic rings. The maximum absolute atomic E-state index is 11.5. The summed E-state index contributed by atoms with van der Waals surface area (Å²) >= 11 is 1.70. The highest BCUT2D eigenvalue weighted by Crippen LogP contribution is 2.44. The van der Waals surface area contributed by atoms with Crippen LogP contribution in [0.25, 0.3) is 0 Å². The van der Waals surface area contributed by atoms with E-state index in [1.807, 2.05) is 0 Å². The van der Waals surface area contributed by atoms with Crippen LogP contribution in [0.2, 0.25) is 0 Å². The third-order valence-electron chi connectivity index (χ3n) is 2.38. The Morgan fingerprint density at radius 2 is 2.27 bits per heavy atom. The predicted octanol–water partition coefficient (Wildman–Crippen LogP) is 0.522. The molecule has 4 nitrogen and oxygen atoms in total. The molecule has 0 bridgehead atoms. The molecule has 1 aliphatic carbocycles. The molecule has 0 aromatic rings. The Morgan fingerprint density at radius 1 is 1.53 bits per heavy atom. The first-order chi connectivity index (χ1) is 7.25. The van der Waals surface area contributed by atoms with E-state index in [0.29, 0.717) is 19.4 Å². The molecule has 2 N–H and O–H groups in total. The number of carbonyl (C=O) groups is 1. The van der Waals surface area contributed by atoms with Gasteiger partial charge in [-0.25, -0.2) is 0 Å². The Labute approximate surface area is 94.0 Å². The maximum Gasteiger partial charge on any atom is 0.240 e. The molecule has 0 aliphatic heterocycles. The largest absolute Gasteiger partial charge is 0.396 e. The third kappa shape index (κ3) is 3.73. The number of nitrogens with one attached hydrogen (secondary N) is 1. The number of nitrogens with zero attached hydrogens (tertiary/aromatic N) is 1. The van der Waals surface area contributed by atoms with Gasteiger partial charge >= 0.3 is 0 Å². The van der Waals surface area contributed by atoms with E-state index < -0.39 is 5.41 Å². The van der Waals surface area contributed by atoms with Gasteiger partial charge in [-0.05, 0) is 25.0 Å². The van der Waals surface area contributed by atoms with Gasteiger partial charge in [-0.15, -0.1) is 0 Å². The number of amides is 1. The van der Waals surface area contributed by atoms with Crippen molar-refractivity contribution >= 4 is 17.7 Å². The van der Waals surface area contributed by atoms with Crippen LogP contribution in [0.4, 0.5) is 0 Å². The Morgan fingerprint density at radius 3 is 2.80 bits per heavy atom. The normalized spacial score (nSPS) is 16.8. The minimum atomic E-state index is -0.699. The van der Waals surface area contributed by atoms with E-state index in [4.69, 9.17) is 10.4 Å². The lowest BCUT2D eigenvalue weighted by molar-refractivity contribution is -0.124. The predicted molar refractivity (Wildman–Crippen MR) is 59.3 cm³/mol. The summed E-state index contributed by atoms with van der Waals surface area (Å²) in [7, 11) is 0. The molecule has 1 saturated carbocycles. The molecule has 15 heavy (non-hydrogen) atoms. The lowest BCUT2D eigenvalue weighted by Crippen LogP contribution is -2.32. The first-order valence-corrected chi connectivity index (χ1v) is 6.29. The topological polar surface area (TPSA) is 73.1 Å². The number of nitriles is 1. The summed E-state index contributed by atoms with van der Waals surface area (Å²) in [4.78, 5) is 11.5. The highest BCUT2D eigenvalue weighted by Gasteiger charge is 2.50. The van der Waals surface area contributed by atoms with E-state index in [1.165, 1.54) is 0 Å². The summed E-state index contributed by atoms with van der Waals surface area (Å²) < 4.78 is 0. The highest BCUT2D eigenvalue weighted by atomic mass is 32.2. The van der Waals surface area contributed by atoms with Gasteiger partial charge in [0.05, 0.1) is 6.07 Å². The van der Waals surface area contributed by atoms with Gasteiger partial charge in [-0.3, -0.25) is 4.79 Å². The van der Waals surface area contributed by atoms with E-state index in [1.54, 1.807) is 11.8 Å². The minimum absolute atomic E-state index is 0.118. The SMILES string of the molecule is N#CC1(C(=O)NCCSCCCO)CC1. The van der Waals surface area contributed by atoms with Crippen molar-refractivity contribution in [1.82, 2.24) is 5.32 Å². The Hall–Kier alpha value is -0.730. The number of aliphatic hydroxyl groups is 1. The zero-order chi connectivity index (χ0) is 11.1. The van der Waals surface area contributed by atoms with Crippen molar-refractivity contribution in [3.8, 4) is 6.07 Å². The molecule has 0 saturated heterocycles. The number of carbonyl (C=O) groups excluding carboxylic acids is 1.